The highest BCUT2D eigenvalue weighted by Crippen LogP contribution is 2.09. The van der Waals surface area contributed by atoms with Crippen molar-refractivity contribution in [2.45, 2.75) is 0 Å². The van der Waals surface area contributed by atoms with Crippen molar-refractivity contribution in [2.75, 3.05) is 0 Å². The van der Waals surface area contributed by atoms with Gasteiger partial charge in [0.25, 0.3) is 0 Å². The van der Waals surface area contributed by atoms with Crippen molar-refractivity contribution in [3.63, 3.8) is 0 Å². The summed E-state index contributed by atoms with van der Waals surface area (Å²) in [6, 6.07) is 0.951. The Balaban J connectivity index is 3.36. The van der Waals surface area contributed by atoms with Gasteiger partial charge in [-0.1, -0.05) is 0 Å². The minimum atomic E-state index is -1.14. The van der Waals surface area contributed by atoms with Crippen LogP contribution in [0, 0.1) is 17.5 Å². The van der Waals surface area contributed by atoms with Crippen LogP contribution in [0.5, 0.6) is 0 Å². The number of rotatable bonds is 1. The van der Waals surface area contributed by atoms with Crippen molar-refractivity contribution in [2.24, 2.45) is 0 Å². The van der Waals surface area contributed by atoms with Crippen LogP contribution in [0.15, 0.2) is 12.1 Å². The van der Waals surface area contributed by atoms with Gasteiger partial charge in [-0.05, 0) is 0 Å². The van der Waals surface area contributed by atoms with Gasteiger partial charge in [0, 0.05) is 12.1 Å². The van der Waals surface area contributed by atoms with Gasteiger partial charge in [-0.2, -0.15) is 0 Å². The first-order valence-corrected chi connectivity index (χ1v) is 3.44. The largest absolute Gasteiger partial charge is 0.269 e. The number of benzene rings is 1. The topological polar surface area (TPSA) is 17.1 Å². The third kappa shape index (κ3) is 1.57. The Morgan fingerprint density at radius 1 is 1.09 bits per heavy atom. The fourth-order valence-corrected chi connectivity index (χ4v) is 0.925. The molecular formula is C6H2F3OP. The summed E-state index contributed by atoms with van der Waals surface area (Å²) >= 11 is 0. The predicted octanol–water partition coefficient (Wildman–Crippen LogP) is 2.02. The molecule has 1 nitrogen and oxygen atoms in total. The quantitative estimate of drug-likeness (QED) is 0.601. The molecule has 0 aliphatic carbocycles. The Labute approximate surface area is 62.0 Å². The van der Waals surface area contributed by atoms with Gasteiger partial charge < -0.3 is 0 Å². The average molecular weight is 178 g/mol. The summed E-state index contributed by atoms with van der Waals surface area (Å²) in [5.74, 6) is -3.30. The fraction of sp³-hybridized carbons (Fsp3) is 0. The molecule has 0 fully saturated rings. The summed E-state index contributed by atoms with van der Waals surface area (Å²) < 4.78 is 47.1. The van der Waals surface area contributed by atoms with Gasteiger partial charge in [0.1, 0.15) is 22.8 Å². The van der Waals surface area contributed by atoms with E-state index in [1.807, 2.05) is 0 Å². The zero-order valence-corrected chi connectivity index (χ0v) is 6.04. The molecule has 5 heteroatoms. The van der Waals surface area contributed by atoms with Gasteiger partial charge in [-0.25, -0.2) is 13.2 Å². The van der Waals surface area contributed by atoms with Crippen LogP contribution >= 0.6 is 8.46 Å². The third-order valence-electron chi connectivity index (χ3n) is 1.07. The third-order valence-corrected chi connectivity index (χ3v) is 1.68. The molecule has 1 aromatic rings. The standard InChI is InChI=1S/C6H2F3OP/c7-3-1-4(8)6(11-10)5(9)2-3/h1-2H. The van der Waals surface area contributed by atoms with E-state index in [1.165, 1.54) is 0 Å². The molecule has 0 amide bonds. The van der Waals surface area contributed by atoms with Gasteiger partial charge in [-0.3, -0.25) is 4.57 Å². The van der Waals surface area contributed by atoms with Crippen LogP contribution in [0.1, 0.15) is 0 Å². The normalized spacial score (nSPS) is 10.5. The van der Waals surface area contributed by atoms with Crippen LogP contribution in [-0.2, 0) is 4.57 Å². The number of hydrogen-bond acceptors (Lipinski definition) is 1. The minimum Gasteiger partial charge on any atom is -0.269 e. The van der Waals surface area contributed by atoms with Crippen molar-refractivity contribution in [3.05, 3.63) is 29.6 Å². The lowest BCUT2D eigenvalue weighted by atomic mass is 10.3. The summed E-state index contributed by atoms with van der Waals surface area (Å²) in [6.07, 6.45) is 0. The molecule has 0 heterocycles. The van der Waals surface area contributed by atoms with E-state index in [1.54, 1.807) is 0 Å². The molecule has 1 rings (SSSR count). The van der Waals surface area contributed by atoms with Crippen molar-refractivity contribution in [1.82, 2.24) is 0 Å². The second-order valence-electron chi connectivity index (χ2n) is 1.81. The molecule has 0 spiro atoms. The Bertz CT molecular complexity index is 277. The molecule has 0 atom stereocenters. The second-order valence-corrected chi connectivity index (χ2v) is 2.44. The SMILES string of the molecule is O=Pc1c(F)cc(F)cc1F. The Hall–Kier alpha value is -0.890. The maximum atomic E-state index is 12.4. The zero-order chi connectivity index (χ0) is 8.43. The number of halogens is 3. The van der Waals surface area contributed by atoms with E-state index in [-0.39, 0.29) is 0 Å². The maximum Gasteiger partial charge on any atom is 0.198 e. The van der Waals surface area contributed by atoms with E-state index < -0.39 is 31.2 Å². The van der Waals surface area contributed by atoms with Crippen molar-refractivity contribution in [1.29, 1.82) is 0 Å². The van der Waals surface area contributed by atoms with Crippen LogP contribution in [0.2, 0.25) is 0 Å². The highest BCUT2D eigenvalue weighted by Gasteiger charge is 2.10. The lowest BCUT2D eigenvalue weighted by Crippen LogP contribution is -2.05. The Morgan fingerprint density at radius 3 is 1.91 bits per heavy atom. The molecule has 11 heavy (non-hydrogen) atoms. The summed E-state index contributed by atoms with van der Waals surface area (Å²) in [4.78, 5) is 0. The van der Waals surface area contributed by atoms with Gasteiger partial charge in [-0.15, -0.1) is 0 Å². The molecule has 0 radical (unpaired) electrons. The van der Waals surface area contributed by atoms with Crippen LogP contribution < -0.4 is 5.30 Å². The summed E-state index contributed by atoms with van der Waals surface area (Å²) in [6.45, 7) is 0. The van der Waals surface area contributed by atoms with Gasteiger partial charge in [0.15, 0.2) is 8.46 Å². The second kappa shape index (κ2) is 3.01. The molecule has 0 N–H and O–H groups in total. The Kier molecular flexibility index (Phi) is 2.25. The maximum absolute atomic E-state index is 12.4. The summed E-state index contributed by atoms with van der Waals surface area (Å²) in [5.41, 5.74) is 0. The van der Waals surface area contributed by atoms with E-state index in [2.05, 4.69) is 0 Å². The summed E-state index contributed by atoms with van der Waals surface area (Å²) in [7, 11) is -0.789. The molecule has 0 saturated carbocycles. The van der Waals surface area contributed by atoms with Gasteiger partial charge in [0.2, 0.25) is 0 Å². The van der Waals surface area contributed by atoms with Gasteiger partial charge >= 0.3 is 0 Å². The highest BCUT2D eigenvalue weighted by molar-refractivity contribution is 7.34. The monoisotopic (exact) mass is 178 g/mol. The van der Waals surface area contributed by atoms with E-state index in [0.29, 0.717) is 12.1 Å². The lowest BCUT2D eigenvalue weighted by molar-refractivity contribution is 0.551. The van der Waals surface area contributed by atoms with Gasteiger partial charge in [0.05, 0.1) is 0 Å². The van der Waals surface area contributed by atoms with E-state index in [0.717, 1.165) is 0 Å². The molecule has 0 aromatic heterocycles. The van der Waals surface area contributed by atoms with Crippen LogP contribution in [0.25, 0.3) is 0 Å². The molecule has 0 saturated heterocycles. The molecular weight excluding hydrogens is 176 g/mol. The molecule has 0 aliphatic heterocycles. The number of hydrogen-bond donors (Lipinski definition) is 0. The molecule has 0 bridgehead atoms. The highest BCUT2D eigenvalue weighted by atomic mass is 31.1. The van der Waals surface area contributed by atoms with Crippen LogP contribution in [0.4, 0.5) is 13.2 Å². The zero-order valence-electron chi connectivity index (χ0n) is 5.14. The molecule has 58 valence electrons. The summed E-state index contributed by atoms with van der Waals surface area (Å²) in [5, 5.41) is -0.647. The fourth-order valence-electron chi connectivity index (χ4n) is 0.622. The van der Waals surface area contributed by atoms with Crippen molar-refractivity contribution < 1.29 is 17.7 Å². The average Bonchev–Trinajstić information content (AvgIpc) is 1.85. The van der Waals surface area contributed by atoms with Crippen LogP contribution in [0.3, 0.4) is 0 Å². The smallest absolute Gasteiger partial charge is 0.198 e. The van der Waals surface area contributed by atoms with E-state index >= 15 is 0 Å². The Morgan fingerprint density at radius 2 is 1.55 bits per heavy atom. The first kappa shape index (κ1) is 8.21. The van der Waals surface area contributed by atoms with Crippen molar-refractivity contribution in [3.8, 4) is 0 Å². The molecule has 0 unspecified atom stereocenters. The van der Waals surface area contributed by atoms with Crippen LogP contribution in [-0.4, -0.2) is 0 Å². The minimum absolute atomic E-state index is 0.476. The van der Waals surface area contributed by atoms with E-state index in [9.17, 15) is 17.7 Å². The molecule has 0 aliphatic rings. The molecule has 1 aromatic carbocycles. The lowest BCUT2D eigenvalue weighted by Gasteiger charge is -1.94. The predicted molar refractivity (Wildman–Crippen MR) is 33.6 cm³/mol. The first-order valence-electron chi connectivity index (χ1n) is 2.63. The van der Waals surface area contributed by atoms with E-state index in [4.69, 9.17) is 0 Å². The van der Waals surface area contributed by atoms with Crippen molar-refractivity contribution >= 4 is 13.8 Å². The first-order chi connectivity index (χ1) is 5.15.